The summed E-state index contributed by atoms with van der Waals surface area (Å²) in [4.78, 5) is 4.73. The lowest BCUT2D eigenvalue weighted by Crippen LogP contribution is -2.44. The highest BCUT2D eigenvalue weighted by atomic mass is 32.2. The Balaban J connectivity index is 2.25. The highest BCUT2D eigenvalue weighted by molar-refractivity contribution is 7.90. The second-order valence-corrected chi connectivity index (χ2v) is 6.80. The number of rotatable bonds is 2. The van der Waals surface area contributed by atoms with E-state index < -0.39 is 9.84 Å². The Morgan fingerprint density at radius 3 is 2.28 bits per heavy atom. The van der Waals surface area contributed by atoms with Crippen molar-refractivity contribution in [2.24, 2.45) is 0 Å². The fourth-order valence-corrected chi connectivity index (χ4v) is 2.75. The number of likely N-dealkylation sites (N-methyl/N-ethyl adjacent to an activating group) is 1. The van der Waals surface area contributed by atoms with Crippen molar-refractivity contribution in [3.63, 3.8) is 0 Å². The second-order valence-electron chi connectivity index (χ2n) is 4.78. The maximum absolute atomic E-state index is 11.4. The first kappa shape index (κ1) is 13.2. The molecule has 0 atom stereocenters. The fraction of sp³-hybridized carbons (Fsp3) is 0.500. The largest absolute Gasteiger partial charge is 0.397 e. The molecule has 18 heavy (non-hydrogen) atoms. The zero-order valence-corrected chi connectivity index (χ0v) is 11.6. The number of nitrogen functional groups attached to an aromatic ring is 1. The van der Waals surface area contributed by atoms with Crippen LogP contribution < -0.4 is 10.6 Å². The minimum absolute atomic E-state index is 0.276. The summed E-state index contributed by atoms with van der Waals surface area (Å²) in [6, 6.07) is 4.97. The van der Waals surface area contributed by atoms with Gasteiger partial charge in [-0.1, -0.05) is 0 Å². The third-order valence-electron chi connectivity index (χ3n) is 3.27. The summed E-state index contributed by atoms with van der Waals surface area (Å²) < 4.78 is 22.9. The lowest BCUT2D eigenvalue weighted by atomic mass is 10.2. The van der Waals surface area contributed by atoms with Gasteiger partial charge in [-0.2, -0.15) is 0 Å². The van der Waals surface area contributed by atoms with Crippen molar-refractivity contribution in [3.05, 3.63) is 18.2 Å². The number of nitrogens with zero attached hydrogens (tertiary/aromatic N) is 2. The van der Waals surface area contributed by atoms with Gasteiger partial charge in [-0.3, -0.25) is 0 Å². The molecule has 1 aromatic rings. The maximum Gasteiger partial charge on any atom is 0.175 e. The lowest BCUT2D eigenvalue weighted by Gasteiger charge is -2.34. The highest BCUT2D eigenvalue weighted by Crippen LogP contribution is 2.27. The van der Waals surface area contributed by atoms with E-state index in [4.69, 9.17) is 5.73 Å². The van der Waals surface area contributed by atoms with Crippen molar-refractivity contribution < 1.29 is 8.42 Å². The van der Waals surface area contributed by atoms with Crippen LogP contribution in [-0.4, -0.2) is 52.8 Å². The first-order valence-corrected chi connectivity index (χ1v) is 7.80. The van der Waals surface area contributed by atoms with Gasteiger partial charge >= 0.3 is 0 Å². The van der Waals surface area contributed by atoms with Crippen LogP contribution >= 0.6 is 0 Å². The van der Waals surface area contributed by atoms with Crippen LogP contribution in [0.25, 0.3) is 0 Å². The standard InChI is InChI=1S/C12H19N3O2S/c1-14-5-7-15(8-6-14)12-4-3-10(9-11(12)13)18(2,16)17/h3-4,9H,5-8,13H2,1-2H3. The Morgan fingerprint density at radius 1 is 1.17 bits per heavy atom. The number of anilines is 2. The molecule has 0 aliphatic carbocycles. The maximum atomic E-state index is 11.4. The van der Waals surface area contributed by atoms with Gasteiger partial charge in [0.2, 0.25) is 0 Å². The summed E-state index contributed by atoms with van der Waals surface area (Å²) >= 11 is 0. The number of benzene rings is 1. The van der Waals surface area contributed by atoms with Crippen LogP contribution in [0.4, 0.5) is 11.4 Å². The second kappa shape index (κ2) is 4.78. The molecule has 1 fully saturated rings. The van der Waals surface area contributed by atoms with Crippen molar-refractivity contribution in [1.29, 1.82) is 0 Å². The molecule has 1 heterocycles. The number of piperazine rings is 1. The van der Waals surface area contributed by atoms with Gasteiger partial charge < -0.3 is 15.5 Å². The molecule has 1 saturated heterocycles. The average Bonchev–Trinajstić information content (AvgIpc) is 2.29. The number of sulfone groups is 1. The molecule has 1 aromatic carbocycles. The van der Waals surface area contributed by atoms with Crippen molar-refractivity contribution in [3.8, 4) is 0 Å². The molecule has 1 aliphatic heterocycles. The molecule has 2 rings (SSSR count). The van der Waals surface area contributed by atoms with E-state index in [0.717, 1.165) is 31.9 Å². The molecule has 100 valence electrons. The summed E-state index contributed by atoms with van der Waals surface area (Å²) in [5, 5.41) is 0. The Kier molecular flexibility index (Phi) is 3.49. The molecule has 0 aromatic heterocycles. The summed E-state index contributed by atoms with van der Waals surface area (Å²) in [6.07, 6.45) is 1.19. The lowest BCUT2D eigenvalue weighted by molar-refractivity contribution is 0.313. The SMILES string of the molecule is CN1CCN(c2ccc(S(C)(=O)=O)cc2N)CC1. The van der Waals surface area contributed by atoms with Crippen molar-refractivity contribution in [1.82, 2.24) is 4.90 Å². The predicted molar refractivity (Wildman–Crippen MR) is 73.7 cm³/mol. The number of nitrogens with two attached hydrogens (primary N) is 1. The van der Waals surface area contributed by atoms with E-state index in [9.17, 15) is 8.42 Å². The average molecular weight is 269 g/mol. The van der Waals surface area contributed by atoms with Gasteiger partial charge in [-0.05, 0) is 25.2 Å². The van der Waals surface area contributed by atoms with Crippen molar-refractivity contribution in [2.75, 3.05) is 50.1 Å². The minimum Gasteiger partial charge on any atom is -0.397 e. The number of hydrogen-bond acceptors (Lipinski definition) is 5. The topological polar surface area (TPSA) is 66.6 Å². The van der Waals surface area contributed by atoms with Crippen LogP contribution in [-0.2, 0) is 9.84 Å². The summed E-state index contributed by atoms with van der Waals surface area (Å²) in [5.41, 5.74) is 7.42. The fourth-order valence-electron chi connectivity index (χ4n) is 2.10. The van der Waals surface area contributed by atoms with Crippen molar-refractivity contribution >= 4 is 21.2 Å². The molecule has 6 heteroatoms. The van der Waals surface area contributed by atoms with E-state index in [0.29, 0.717) is 5.69 Å². The molecule has 0 radical (unpaired) electrons. The third kappa shape index (κ3) is 2.76. The van der Waals surface area contributed by atoms with Gasteiger partial charge in [0, 0.05) is 32.4 Å². The van der Waals surface area contributed by atoms with Gasteiger partial charge in [0.05, 0.1) is 16.3 Å². The zero-order chi connectivity index (χ0) is 13.3. The first-order valence-electron chi connectivity index (χ1n) is 5.91. The number of hydrogen-bond donors (Lipinski definition) is 1. The molecule has 5 nitrogen and oxygen atoms in total. The monoisotopic (exact) mass is 269 g/mol. The van der Waals surface area contributed by atoms with Gasteiger partial charge in [0.25, 0.3) is 0 Å². The highest BCUT2D eigenvalue weighted by Gasteiger charge is 2.17. The molecule has 0 saturated carbocycles. The van der Waals surface area contributed by atoms with E-state index in [1.165, 1.54) is 6.26 Å². The van der Waals surface area contributed by atoms with Crippen LogP contribution in [0.2, 0.25) is 0 Å². The molecule has 0 bridgehead atoms. The van der Waals surface area contributed by atoms with Gasteiger partial charge in [0.1, 0.15) is 0 Å². The molecule has 0 amide bonds. The quantitative estimate of drug-likeness (QED) is 0.788. The Morgan fingerprint density at radius 2 is 1.78 bits per heavy atom. The minimum atomic E-state index is -3.19. The predicted octanol–water partition coefficient (Wildman–Crippen LogP) is 0.424. The zero-order valence-electron chi connectivity index (χ0n) is 10.8. The van der Waals surface area contributed by atoms with E-state index in [2.05, 4.69) is 16.8 Å². The smallest absolute Gasteiger partial charge is 0.175 e. The van der Waals surface area contributed by atoms with E-state index in [1.807, 2.05) is 0 Å². The summed E-state index contributed by atoms with van der Waals surface area (Å²) in [6.45, 7) is 3.82. The normalized spacial score (nSPS) is 18.0. The summed E-state index contributed by atoms with van der Waals surface area (Å²) in [7, 11) is -1.10. The van der Waals surface area contributed by atoms with Crippen LogP contribution in [0, 0.1) is 0 Å². The molecule has 2 N–H and O–H groups in total. The van der Waals surface area contributed by atoms with Gasteiger partial charge in [-0.25, -0.2) is 8.42 Å². The van der Waals surface area contributed by atoms with Crippen LogP contribution in [0.3, 0.4) is 0 Å². The molecular formula is C12H19N3O2S. The summed E-state index contributed by atoms with van der Waals surface area (Å²) in [5.74, 6) is 0. The van der Waals surface area contributed by atoms with Crippen LogP contribution in [0.1, 0.15) is 0 Å². The molecule has 0 unspecified atom stereocenters. The molecule has 0 spiro atoms. The van der Waals surface area contributed by atoms with E-state index in [-0.39, 0.29) is 4.90 Å². The Bertz CT molecular complexity index is 534. The van der Waals surface area contributed by atoms with E-state index in [1.54, 1.807) is 18.2 Å². The van der Waals surface area contributed by atoms with E-state index >= 15 is 0 Å². The van der Waals surface area contributed by atoms with Crippen LogP contribution in [0.15, 0.2) is 23.1 Å². The molecule has 1 aliphatic rings. The van der Waals surface area contributed by atoms with Gasteiger partial charge in [0.15, 0.2) is 9.84 Å². The first-order chi connectivity index (χ1) is 8.38. The van der Waals surface area contributed by atoms with Crippen molar-refractivity contribution in [2.45, 2.75) is 4.90 Å². The van der Waals surface area contributed by atoms with Crippen LogP contribution in [0.5, 0.6) is 0 Å². The Hall–Kier alpha value is -1.27. The Labute approximate surface area is 108 Å². The third-order valence-corrected chi connectivity index (χ3v) is 4.38. The molecular weight excluding hydrogens is 250 g/mol. The van der Waals surface area contributed by atoms with Gasteiger partial charge in [-0.15, -0.1) is 0 Å².